The van der Waals surface area contributed by atoms with Crippen LogP contribution in [0.1, 0.15) is 47.4 Å². The van der Waals surface area contributed by atoms with E-state index < -0.39 is 6.09 Å². The monoisotopic (exact) mass is 432 g/mol. The quantitative estimate of drug-likeness (QED) is 0.515. The van der Waals surface area contributed by atoms with Gasteiger partial charge in [-0.2, -0.15) is 0 Å². The molecule has 7 heteroatoms. The molecule has 3 aromatic rings. The van der Waals surface area contributed by atoms with Crippen LogP contribution in [-0.4, -0.2) is 34.5 Å². The van der Waals surface area contributed by atoms with Crippen molar-refractivity contribution in [3.05, 3.63) is 77.6 Å². The lowest BCUT2D eigenvalue weighted by atomic mass is 10.0. The van der Waals surface area contributed by atoms with Crippen molar-refractivity contribution in [2.75, 3.05) is 18.4 Å². The van der Waals surface area contributed by atoms with Crippen LogP contribution < -0.4 is 15.4 Å². The zero-order valence-corrected chi connectivity index (χ0v) is 18.2. The number of aryl methyl sites for hydroxylation is 1. The first-order valence-electron chi connectivity index (χ1n) is 11.0. The fourth-order valence-electron chi connectivity index (χ4n) is 3.83. The smallest absolute Gasteiger partial charge is 0.389 e. The highest BCUT2D eigenvalue weighted by molar-refractivity contribution is 5.99. The third kappa shape index (κ3) is 5.17. The summed E-state index contributed by atoms with van der Waals surface area (Å²) >= 11 is 0. The zero-order valence-electron chi connectivity index (χ0n) is 18.2. The number of imidazole rings is 1. The van der Waals surface area contributed by atoms with E-state index in [1.165, 1.54) is 0 Å². The first kappa shape index (κ1) is 21.6. The van der Waals surface area contributed by atoms with E-state index in [-0.39, 0.29) is 18.2 Å². The van der Waals surface area contributed by atoms with Crippen molar-refractivity contribution in [2.24, 2.45) is 0 Å². The van der Waals surface area contributed by atoms with E-state index in [4.69, 9.17) is 4.74 Å². The Morgan fingerprint density at radius 2 is 1.78 bits per heavy atom. The van der Waals surface area contributed by atoms with Gasteiger partial charge in [0.05, 0.1) is 6.54 Å². The first-order valence-corrected chi connectivity index (χ1v) is 11.0. The van der Waals surface area contributed by atoms with E-state index in [1.54, 1.807) is 12.1 Å². The summed E-state index contributed by atoms with van der Waals surface area (Å²) in [6, 6.07) is 19.1. The highest BCUT2D eigenvalue weighted by atomic mass is 16.6. The van der Waals surface area contributed by atoms with Crippen LogP contribution in [0.25, 0.3) is 0 Å². The Hall–Kier alpha value is -3.61. The fourth-order valence-corrected chi connectivity index (χ4v) is 3.83. The fraction of sp³-hybridized carbons (Fsp3) is 0.320. The third-order valence-electron chi connectivity index (χ3n) is 5.65. The molecule has 1 aromatic heterocycles. The molecule has 0 saturated carbocycles. The number of anilines is 1. The van der Waals surface area contributed by atoms with E-state index >= 15 is 0 Å². The minimum Gasteiger partial charge on any atom is -0.389 e. The number of hydrogen-bond acceptors (Lipinski definition) is 5. The molecule has 1 unspecified atom stereocenters. The molecule has 0 bridgehead atoms. The number of nitrogens with one attached hydrogen (secondary N) is 2. The number of benzene rings is 2. The van der Waals surface area contributed by atoms with E-state index in [9.17, 15) is 9.59 Å². The van der Waals surface area contributed by atoms with Gasteiger partial charge in [0.1, 0.15) is 5.82 Å². The largest absolute Gasteiger partial charge is 0.414 e. The zero-order chi connectivity index (χ0) is 22.3. The number of ketones is 1. The molecule has 1 aliphatic heterocycles. The summed E-state index contributed by atoms with van der Waals surface area (Å²) in [5.41, 5.74) is 1.77. The van der Waals surface area contributed by atoms with Gasteiger partial charge in [-0.1, -0.05) is 67.6 Å². The van der Waals surface area contributed by atoms with Gasteiger partial charge in [-0.05, 0) is 24.3 Å². The molecule has 7 nitrogen and oxygen atoms in total. The number of Topliss-reactive ketones (excluding diaryl/α,β-unsaturated/α-hetero) is 1. The molecule has 166 valence electrons. The first-order chi connectivity index (χ1) is 15.6. The summed E-state index contributed by atoms with van der Waals surface area (Å²) in [7, 11) is 0. The number of carbonyl (C=O) groups is 2. The Morgan fingerprint density at radius 1 is 1.06 bits per heavy atom. The number of ether oxygens (including phenoxy) is 1. The summed E-state index contributed by atoms with van der Waals surface area (Å²) < 4.78 is 7.61. The van der Waals surface area contributed by atoms with Crippen molar-refractivity contribution >= 4 is 17.7 Å². The van der Waals surface area contributed by atoms with Crippen LogP contribution >= 0.6 is 0 Å². The lowest BCUT2D eigenvalue weighted by molar-refractivity contribution is 0.101. The highest BCUT2D eigenvalue weighted by Gasteiger charge is 2.24. The molecule has 1 atom stereocenters. The minimum atomic E-state index is -0.529. The van der Waals surface area contributed by atoms with Crippen molar-refractivity contribution in [3.63, 3.8) is 0 Å². The summed E-state index contributed by atoms with van der Waals surface area (Å²) in [6.45, 7) is 3.32. The second-order valence-electron chi connectivity index (χ2n) is 8.02. The predicted molar refractivity (Wildman–Crippen MR) is 123 cm³/mol. The summed E-state index contributed by atoms with van der Waals surface area (Å²) in [5.74, 6) is 1.77. The number of aromatic nitrogens is 2. The predicted octanol–water partition coefficient (Wildman–Crippen LogP) is 4.41. The molecule has 2 aromatic carbocycles. The van der Waals surface area contributed by atoms with Crippen LogP contribution in [0.5, 0.6) is 5.88 Å². The minimum absolute atomic E-state index is 0.0522. The molecule has 1 amide bonds. The summed E-state index contributed by atoms with van der Waals surface area (Å²) in [5, 5.41) is 5.93. The highest BCUT2D eigenvalue weighted by Crippen LogP contribution is 2.30. The van der Waals surface area contributed by atoms with Crippen molar-refractivity contribution in [1.82, 2.24) is 14.9 Å². The van der Waals surface area contributed by atoms with E-state index in [1.807, 2.05) is 53.1 Å². The average Bonchev–Trinajstić information content (AvgIpc) is 3.19. The van der Waals surface area contributed by atoms with Crippen LogP contribution in [0.3, 0.4) is 0 Å². The molecule has 1 aliphatic rings. The molecule has 4 rings (SSSR count). The lowest BCUT2D eigenvalue weighted by Gasteiger charge is -2.17. The number of nitrogens with zero attached hydrogens (tertiary/aromatic N) is 2. The third-order valence-corrected chi connectivity index (χ3v) is 5.65. The molecule has 0 fully saturated rings. The van der Waals surface area contributed by atoms with Gasteiger partial charge >= 0.3 is 6.09 Å². The van der Waals surface area contributed by atoms with Crippen molar-refractivity contribution < 1.29 is 14.3 Å². The number of amides is 1. The van der Waals surface area contributed by atoms with E-state index in [2.05, 4.69) is 22.5 Å². The van der Waals surface area contributed by atoms with Crippen molar-refractivity contribution in [2.45, 2.75) is 38.6 Å². The maximum atomic E-state index is 12.6. The number of hydrogen-bond donors (Lipinski definition) is 2. The Balaban J connectivity index is 1.42. The SMILES string of the molecule is CC(CNC(=O)Oc1c(NCC(=O)c2ccccc2)nc2n1CCCC2)c1ccccc1. The maximum Gasteiger partial charge on any atom is 0.414 e. The van der Waals surface area contributed by atoms with Crippen LogP contribution in [0.2, 0.25) is 0 Å². The second kappa shape index (κ2) is 10.1. The van der Waals surface area contributed by atoms with Gasteiger partial charge < -0.3 is 15.4 Å². The van der Waals surface area contributed by atoms with Crippen LogP contribution in [0.4, 0.5) is 10.6 Å². The number of rotatable bonds is 8. The lowest BCUT2D eigenvalue weighted by Crippen LogP contribution is -2.31. The van der Waals surface area contributed by atoms with Gasteiger partial charge in [-0.15, -0.1) is 0 Å². The molecular formula is C25H28N4O3. The summed E-state index contributed by atoms with van der Waals surface area (Å²) in [6.07, 6.45) is 2.32. The van der Waals surface area contributed by atoms with Gasteiger partial charge in [0.25, 0.3) is 0 Å². The van der Waals surface area contributed by atoms with Gasteiger partial charge in [0.2, 0.25) is 5.88 Å². The Kier molecular flexibility index (Phi) is 6.84. The Labute approximate surface area is 187 Å². The molecule has 32 heavy (non-hydrogen) atoms. The summed E-state index contributed by atoms with van der Waals surface area (Å²) in [4.78, 5) is 29.7. The molecule has 0 radical (unpaired) electrons. The van der Waals surface area contributed by atoms with Gasteiger partial charge in [0.15, 0.2) is 11.6 Å². The topological polar surface area (TPSA) is 85.2 Å². The van der Waals surface area contributed by atoms with Gasteiger partial charge in [-0.25, -0.2) is 9.78 Å². The second-order valence-corrected chi connectivity index (χ2v) is 8.02. The van der Waals surface area contributed by atoms with E-state index in [0.717, 1.165) is 37.2 Å². The molecule has 2 heterocycles. The van der Waals surface area contributed by atoms with Gasteiger partial charge in [-0.3, -0.25) is 9.36 Å². The molecule has 0 aliphatic carbocycles. The standard InChI is InChI=1S/C25H28N4O3/c1-18(19-10-4-2-5-11-19)16-27-25(31)32-24-23(28-22-14-8-9-15-29(22)24)26-17-21(30)20-12-6-3-7-13-20/h2-7,10-13,18,26H,8-9,14-17H2,1H3,(H,27,31). The maximum absolute atomic E-state index is 12.6. The number of carbonyl (C=O) groups excluding carboxylic acids is 2. The molecule has 2 N–H and O–H groups in total. The normalized spacial score (nSPS) is 13.7. The molecular weight excluding hydrogens is 404 g/mol. The molecule has 0 spiro atoms. The van der Waals surface area contributed by atoms with Crippen LogP contribution in [0, 0.1) is 0 Å². The van der Waals surface area contributed by atoms with E-state index in [0.29, 0.717) is 23.8 Å². The van der Waals surface area contributed by atoms with Crippen molar-refractivity contribution in [3.8, 4) is 5.88 Å². The average molecular weight is 433 g/mol. The van der Waals surface area contributed by atoms with Crippen molar-refractivity contribution in [1.29, 1.82) is 0 Å². The van der Waals surface area contributed by atoms with Gasteiger partial charge in [0, 0.05) is 25.1 Å². The molecule has 0 saturated heterocycles. The Bertz CT molecular complexity index is 1060. The van der Waals surface area contributed by atoms with Crippen LogP contribution in [0.15, 0.2) is 60.7 Å². The number of fused-ring (bicyclic) bond motifs is 1. The Morgan fingerprint density at radius 3 is 2.53 bits per heavy atom. The van der Waals surface area contributed by atoms with Crippen LogP contribution in [-0.2, 0) is 13.0 Å².